The van der Waals surface area contributed by atoms with Gasteiger partial charge >= 0.3 is 0 Å². The van der Waals surface area contributed by atoms with Gasteiger partial charge in [0, 0.05) is 25.3 Å². The molecule has 20 heavy (non-hydrogen) atoms. The molecule has 0 aliphatic carbocycles. The Labute approximate surface area is 118 Å². The summed E-state index contributed by atoms with van der Waals surface area (Å²) in [4.78, 5) is 0.220. The van der Waals surface area contributed by atoms with Crippen LogP contribution in [0, 0.1) is 6.92 Å². The lowest BCUT2D eigenvalue weighted by Gasteiger charge is -2.09. The maximum Gasteiger partial charge on any atom is 0.263 e. The predicted molar refractivity (Wildman–Crippen MR) is 79.4 cm³/mol. The van der Waals surface area contributed by atoms with Crippen molar-refractivity contribution in [3.63, 3.8) is 0 Å². The first-order valence-electron chi connectivity index (χ1n) is 6.30. The third kappa shape index (κ3) is 3.11. The lowest BCUT2D eigenvalue weighted by atomic mass is 10.3. The van der Waals surface area contributed by atoms with Crippen LogP contribution in [0.2, 0.25) is 0 Å². The lowest BCUT2D eigenvalue weighted by Crippen LogP contribution is -2.15. The first-order chi connectivity index (χ1) is 9.42. The Morgan fingerprint density at radius 3 is 2.40 bits per heavy atom. The van der Waals surface area contributed by atoms with E-state index in [0.717, 1.165) is 17.9 Å². The van der Waals surface area contributed by atoms with Crippen molar-refractivity contribution in [2.75, 3.05) is 16.6 Å². The van der Waals surface area contributed by atoms with Crippen molar-refractivity contribution in [3.8, 4) is 0 Å². The number of nitrogens with zero attached hydrogens (tertiary/aromatic N) is 2. The summed E-state index contributed by atoms with van der Waals surface area (Å²) in [5.74, 6) is 0.443. The second kappa shape index (κ2) is 5.54. The summed E-state index contributed by atoms with van der Waals surface area (Å²) >= 11 is 0. The number of aryl methyl sites for hydroxylation is 2. The van der Waals surface area contributed by atoms with Crippen LogP contribution >= 0.6 is 0 Å². The zero-order chi connectivity index (χ0) is 14.8. The summed E-state index contributed by atoms with van der Waals surface area (Å²) in [6, 6.07) is 8.32. The first-order valence-corrected chi connectivity index (χ1v) is 7.78. The van der Waals surface area contributed by atoms with Crippen molar-refractivity contribution in [2.45, 2.75) is 18.7 Å². The van der Waals surface area contributed by atoms with E-state index in [-0.39, 0.29) is 4.90 Å². The SMILES string of the molecule is CCNc1ccc(S(=O)(=O)Nc2cc(C)nn2C)cc1. The van der Waals surface area contributed by atoms with E-state index in [1.807, 2.05) is 13.8 Å². The van der Waals surface area contributed by atoms with Crippen LogP contribution in [0.1, 0.15) is 12.6 Å². The Bertz CT molecular complexity index is 690. The molecule has 0 spiro atoms. The summed E-state index contributed by atoms with van der Waals surface area (Å²) in [5, 5.41) is 7.23. The van der Waals surface area contributed by atoms with Gasteiger partial charge in [0.25, 0.3) is 10.0 Å². The van der Waals surface area contributed by atoms with Gasteiger partial charge in [0.1, 0.15) is 5.82 Å². The third-order valence-electron chi connectivity index (χ3n) is 2.79. The van der Waals surface area contributed by atoms with Gasteiger partial charge in [-0.3, -0.25) is 9.40 Å². The fourth-order valence-electron chi connectivity index (χ4n) is 1.86. The molecule has 0 unspecified atom stereocenters. The van der Waals surface area contributed by atoms with Crippen molar-refractivity contribution in [1.29, 1.82) is 0 Å². The Balaban J connectivity index is 2.24. The topological polar surface area (TPSA) is 76.0 Å². The standard InChI is InChI=1S/C13H18N4O2S/c1-4-14-11-5-7-12(8-6-11)20(18,19)16-13-9-10(2)15-17(13)3/h5-9,14,16H,4H2,1-3H3. The molecule has 2 aromatic rings. The first kappa shape index (κ1) is 14.4. The number of hydrogen-bond donors (Lipinski definition) is 2. The minimum absolute atomic E-state index is 0.220. The van der Waals surface area contributed by atoms with Crippen molar-refractivity contribution in [1.82, 2.24) is 9.78 Å². The van der Waals surface area contributed by atoms with E-state index in [1.165, 1.54) is 4.68 Å². The summed E-state index contributed by atoms with van der Waals surface area (Å²) in [5.41, 5.74) is 1.65. The smallest absolute Gasteiger partial charge is 0.263 e. The predicted octanol–water partition coefficient (Wildman–Crippen LogP) is 1.96. The highest BCUT2D eigenvalue weighted by Crippen LogP contribution is 2.18. The van der Waals surface area contributed by atoms with Gasteiger partial charge in [0.05, 0.1) is 10.6 Å². The number of rotatable bonds is 5. The van der Waals surface area contributed by atoms with Crippen molar-refractivity contribution in [3.05, 3.63) is 36.0 Å². The Kier molecular flexibility index (Phi) is 3.99. The maximum atomic E-state index is 12.3. The molecule has 1 heterocycles. The molecular formula is C13H18N4O2S. The fraction of sp³-hybridized carbons (Fsp3) is 0.308. The van der Waals surface area contributed by atoms with Gasteiger partial charge in [-0.05, 0) is 38.1 Å². The highest BCUT2D eigenvalue weighted by molar-refractivity contribution is 7.92. The number of benzene rings is 1. The number of sulfonamides is 1. The molecule has 0 saturated carbocycles. The summed E-state index contributed by atoms with van der Waals surface area (Å²) in [6.07, 6.45) is 0. The molecule has 0 amide bonds. The number of hydrogen-bond acceptors (Lipinski definition) is 4. The van der Waals surface area contributed by atoms with Crippen molar-refractivity contribution < 1.29 is 8.42 Å². The normalized spacial score (nSPS) is 11.3. The van der Waals surface area contributed by atoms with Crippen LogP contribution < -0.4 is 10.0 Å². The monoisotopic (exact) mass is 294 g/mol. The molecule has 6 nitrogen and oxygen atoms in total. The van der Waals surface area contributed by atoms with E-state index in [2.05, 4.69) is 15.1 Å². The molecule has 0 bridgehead atoms. The van der Waals surface area contributed by atoms with Crippen LogP contribution in [0.4, 0.5) is 11.5 Å². The second-order valence-electron chi connectivity index (χ2n) is 4.45. The Morgan fingerprint density at radius 1 is 1.25 bits per heavy atom. The van der Waals surface area contributed by atoms with Crippen molar-refractivity contribution in [2.24, 2.45) is 7.05 Å². The van der Waals surface area contributed by atoms with E-state index in [0.29, 0.717) is 5.82 Å². The average molecular weight is 294 g/mol. The van der Waals surface area contributed by atoms with E-state index in [9.17, 15) is 8.42 Å². The summed E-state index contributed by atoms with van der Waals surface area (Å²) in [7, 11) is -1.90. The number of anilines is 2. The average Bonchev–Trinajstić information content (AvgIpc) is 2.68. The summed E-state index contributed by atoms with van der Waals surface area (Å²) < 4.78 is 28.5. The van der Waals surface area contributed by atoms with E-state index >= 15 is 0 Å². The van der Waals surface area contributed by atoms with Gasteiger partial charge in [0.2, 0.25) is 0 Å². The zero-order valence-electron chi connectivity index (χ0n) is 11.7. The maximum absolute atomic E-state index is 12.3. The second-order valence-corrected chi connectivity index (χ2v) is 6.14. The van der Waals surface area contributed by atoms with E-state index < -0.39 is 10.0 Å². The van der Waals surface area contributed by atoms with Crippen LogP contribution in [0.15, 0.2) is 35.2 Å². The third-order valence-corrected chi connectivity index (χ3v) is 4.16. The minimum atomic E-state index is -3.59. The molecule has 0 atom stereocenters. The molecule has 2 rings (SSSR count). The molecule has 1 aromatic heterocycles. The van der Waals surface area contributed by atoms with Crippen molar-refractivity contribution >= 4 is 21.5 Å². The highest BCUT2D eigenvalue weighted by Gasteiger charge is 2.16. The largest absolute Gasteiger partial charge is 0.385 e. The summed E-state index contributed by atoms with van der Waals surface area (Å²) in [6.45, 7) is 4.58. The Hall–Kier alpha value is -2.02. The van der Waals surface area contributed by atoms with E-state index in [1.54, 1.807) is 37.4 Å². The zero-order valence-corrected chi connectivity index (χ0v) is 12.5. The molecular weight excluding hydrogens is 276 g/mol. The molecule has 0 radical (unpaired) electrons. The quantitative estimate of drug-likeness (QED) is 0.884. The highest BCUT2D eigenvalue weighted by atomic mass is 32.2. The molecule has 0 aliphatic rings. The molecule has 7 heteroatoms. The number of aromatic nitrogens is 2. The minimum Gasteiger partial charge on any atom is -0.385 e. The lowest BCUT2D eigenvalue weighted by molar-refractivity contribution is 0.600. The molecule has 2 N–H and O–H groups in total. The van der Waals surface area contributed by atoms with Crippen LogP contribution in [-0.4, -0.2) is 24.7 Å². The Morgan fingerprint density at radius 2 is 1.90 bits per heavy atom. The molecule has 0 saturated heterocycles. The van der Waals surface area contributed by atoms with Gasteiger partial charge < -0.3 is 5.32 Å². The van der Waals surface area contributed by atoms with Gasteiger partial charge in [-0.15, -0.1) is 0 Å². The van der Waals surface area contributed by atoms with Gasteiger partial charge in [-0.1, -0.05) is 0 Å². The molecule has 0 fully saturated rings. The van der Waals surface area contributed by atoms with Gasteiger partial charge in [-0.25, -0.2) is 8.42 Å². The van der Waals surface area contributed by atoms with Crippen LogP contribution in [0.3, 0.4) is 0 Å². The fourth-order valence-corrected chi connectivity index (χ4v) is 2.94. The molecule has 108 valence electrons. The van der Waals surface area contributed by atoms with Crippen LogP contribution in [0.25, 0.3) is 0 Å². The van der Waals surface area contributed by atoms with Gasteiger partial charge in [0.15, 0.2) is 0 Å². The van der Waals surface area contributed by atoms with Crippen LogP contribution in [-0.2, 0) is 17.1 Å². The van der Waals surface area contributed by atoms with E-state index in [4.69, 9.17) is 0 Å². The number of nitrogens with one attached hydrogen (secondary N) is 2. The molecule has 1 aromatic carbocycles. The van der Waals surface area contributed by atoms with Crippen LogP contribution in [0.5, 0.6) is 0 Å². The van der Waals surface area contributed by atoms with Gasteiger partial charge in [-0.2, -0.15) is 5.10 Å². The molecule has 0 aliphatic heterocycles.